The fraction of sp³-hybridized carbons (Fsp3) is 0.364. The Morgan fingerprint density at radius 3 is 2.18 bits per heavy atom. The van der Waals surface area contributed by atoms with Crippen molar-refractivity contribution in [1.29, 1.82) is 0 Å². The minimum absolute atomic E-state index is 0.0471. The topological polar surface area (TPSA) is 17.1 Å². The molecule has 0 aliphatic carbocycles. The van der Waals surface area contributed by atoms with Crippen molar-refractivity contribution in [3.8, 4) is 0 Å². The van der Waals surface area contributed by atoms with E-state index in [9.17, 15) is 22.4 Å². The van der Waals surface area contributed by atoms with Gasteiger partial charge in [0, 0.05) is 17.5 Å². The van der Waals surface area contributed by atoms with Crippen LogP contribution in [0.2, 0.25) is 0 Å². The van der Waals surface area contributed by atoms with Gasteiger partial charge in [0.25, 0.3) is 12.9 Å². The molecule has 0 radical (unpaired) electrons. The van der Waals surface area contributed by atoms with Crippen LogP contribution >= 0.6 is 15.9 Å². The lowest BCUT2D eigenvalue weighted by Crippen LogP contribution is -2.05. The van der Waals surface area contributed by atoms with Gasteiger partial charge >= 0.3 is 0 Å². The van der Waals surface area contributed by atoms with E-state index in [2.05, 4.69) is 15.9 Å². The maximum atomic E-state index is 12.6. The monoisotopic (exact) mass is 312 g/mol. The second kappa shape index (κ2) is 6.14. The molecule has 0 heterocycles. The average molecular weight is 313 g/mol. The van der Waals surface area contributed by atoms with Crippen molar-refractivity contribution in [1.82, 2.24) is 0 Å². The summed E-state index contributed by atoms with van der Waals surface area (Å²) >= 11 is 2.94. The van der Waals surface area contributed by atoms with Crippen LogP contribution in [0.5, 0.6) is 0 Å². The molecule has 0 saturated heterocycles. The zero-order chi connectivity index (χ0) is 13.0. The van der Waals surface area contributed by atoms with Crippen LogP contribution in [0.15, 0.2) is 18.2 Å². The maximum Gasteiger partial charge on any atom is 0.264 e. The molecule has 0 atom stereocenters. The number of carbonyl (C=O) groups is 1. The van der Waals surface area contributed by atoms with Crippen molar-refractivity contribution in [3.63, 3.8) is 0 Å². The first-order valence-corrected chi connectivity index (χ1v) is 5.84. The molecule has 0 aliphatic rings. The molecule has 0 bridgehead atoms. The standard InChI is InChI=1S/C11H9BrF4O/c12-5-7(17)3-6-1-2-8(10(13)14)9(4-6)11(15)16/h1-2,4,10-11H,3,5H2. The predicted octanol–water partition coefficient (Wildman–Crippen LogP) is 4.07. The Kier molecular flexibility index (Phi) is 5.11. The summed E-state index contributed by atoms with van der Waals surface area (Å²) in [4.78, 5) is 11.1. The summed E-state index contributed by atoms with van der Waals surface area (Å²) in [6.45, 7) is 0. The van der Waals surface area contributed by atoms with Crippen molar-refractivity contribution in [2.24, 2.45) is 0 Å². The summed E-state index contributed by atoms with van der Waals surface area (Å²) in [5, 5.41) is 0.105. The number of rotatable bonds is 5. The molecular weight excluding hydrogens is 304 g/mol. The number of ketones is 1. The van der Waals surface area contributed by atoms with Crippen molar-refractivity contribution in [3.05, 3.63) is 34.9 Å². The predicted molar refractivity (Wildman–Crippen MR) is 58.9 cm³/mol. The second-order valence-electron chi connectivity index (χ2n) is 3.41. The Labute approximate surface area is 104 Å². The van der Waals surface area contributed by atoms with Crippen LogP contribution in [-0.2, 0) is 11.2 Å². The number of alkyl halides is 5. The summed E-state index contributed by atoms with van der Waals surface area (Å²) < 4.78 is 50.0. The number of halogens is 5. The first kappa shape index (κ1) is 14.2. The van der Waals surface area contributed by atoms with Crippen LogP contribution in [0.1, 0.15) is 29.5 Å². The van der Waals surface area contributed by atoms with Crippen LogP contribution in [0.4, 0.5) is 17.6 Å². The van der Waals surface area contributed by atoms with Gasteiger partial charge in [-0.3, -0.25) is 4.79 Å². The van der Waals surface area contributed by atoms with Gasteiger partial charge in [0.15, 0.2) is 0 Å². The minimum Gasteiger partial charge on any atom is -0.298 e. The van der Waals surface area contributed by atoms with E-state index in [0.29, 0.717) is 5.56 Å². The van der Waals surface area contributed by atoms with Crippen LogP contribution in [0.3, 0.4) is 0 Å². The lowest BCUT2D eigenvalue weighted by Gasteiger charge is -2.10. The highest BCUT2D eigenvalue weighted by molar-refractivity contribution is 9.09. The second-order valence-corrected chi connectivity index (χ2v) is 3.97. The van der Waals surface area contributed by atoms with Gasteiger partial charge in [0.2, 0.25) is 0 Å². The number of Topliss-reactive ketones (excluding diaryl/α,β-unsaturated/α-hetero) is 1. The SMILES string of the molecule is O=C(CBr)Cc1ccc(C(F)F)c(C(F)F)c1. The highest BCUT2D eigenvalue weighted by atomic mass is 79.9. The summed E-state index contributed by atoms with van der Waals surface area (Å²) in [6, 6.07) is 3.18. The molecule has 0 aromatic heterocycles. The first-order valence-electron chi connectivity index (χ1n) is 4.72. The van der Waals surface area contributed by atoms with Crippen LogP contribution in [0, 0.1) is 0 Å². The highest BCUT2D eigenvalue weighted by Gasteiger charge is 2.20. The Hall–Kier alpha value is -0.910. The van der Waals surface area contributed by atoms with Crippen molar-refractivity contribution < 1.29 is 22.4 Å². The Morgan fingerprint density at radius 2 is 1.71 bits per heavy atom. The van der Waals surface area contributed by atoms with Gasteiger partial charge in [-0.1, -0.05) is 28.1 Å². The van der Waals surface area contributed by atoms with Gasteiger partial charge < -0.3 is 0 Å². The maximum absolute atomic E-state index is 12.6. The van der Waals surface area contributed by atoms with Crippen molar-refractivity contribution in [2.45, 2.75) is 19.3 Å². The molecule has 0 unspecified atom stereocenters. The molecule has 17 heavy (non-hydrogen) atoms. The summed E-state index contributed by atoms with van der Waals surface area (Å²) in [5.41, 5.74) is -1.08. The van der Waals surface area contributed by atoms with Gasteiger partial charge in [0.1, 0.15) is 5.78 Å². The van der Waals surface area contributed by atoms with Crippen molar-refractivity contribution >= 4 is 21.7 Å². The van der Waals surface area contributed by atoms with Crippen molar-refractivity contribution in [2.75, 3.05) is 5.33 Å². The van der Waals surface area contributed by atoms with Crippen LogP contribution in [-0.4, -0.2) is 11.1 Å². The van der Waals surface area contributed by atoms with Gasteiger partial charge in [-0.05, 0) is 11.6 Å². The third kappa shape index (κ3) is 3.80. The molecule has 1 nitrogen and oxygen atoms in total. The zero-order valence-corrected chi connectivity index (χ0v) is 10.2. The Balaban J connectivity index is 3.05. The molecule has 0 spiro atoms. The Morgan fingerprint density at radius 1 is 1.12 bits per heavy atom. The smallest absolute Gasteiger partial charge is 0.264 e. The average Bonchev–Trinajstić information content (AvgIpc) is 2.28. The fourth-order valence-electron chi connectivity index (χ4n) is 1.40. The molecule has 1 rings (SSSR count). The van der Waals surface area contributed by atoms with Crippen LogP contribution in [0.25, 0.3) is 0 Å². The molecular formula is C11H9BrF4O. The molecule has 1 aromatic rings. The van der Waals surface area contributed by atoms with E-state index in [4.69, 9.17) is 0 Å². The normalized spacial score (nSPS) is 11.2. The molecule has 94 valence electrons. The van der Waals surface area contributed by atoms with Gasteiger partial charge in [-0.25, -0.2) is 17.6 Å². The van der Waals surface area contributed by atoms with E-state index in [1.165, 1.54) is 6.07 Å². The molecule has 1 aromatic carbocycles. The molecule has 0 N–H and O–H groups in total. The summed E-state index contributed by atoms with van der Waals surface area (Å²) in [5.74, 6) is -0.199. The quantitative estimate of drug-likeness (QED) is 0.591. The first-order chi connectivity index (χ1) is 7.95. The van der Waals surface area contributed by atoms with Gasteiger partial charge in [-0.2, -0.15) is 0 Å². The number of hydrogen-bond acceptors (Lipinski definition) is 1. The lowest BCUT2D eigenvalue weighted by molar-refractivity contribution is -0.115. The molecule has 0 amide bonds. The molecule has 0 saturated carbocycles. The number of carbonyl (C=O) groups excluding carboxylic acids is 1. The van der Waals surface area contributed by atoms with Gasteiger partial charge in [0.05, 0.1) is 5.33 Å². The molecule has 0 aliphatic heterocycles. The highest BCUT2D eigenvalue weighted by Crippen LogP contribution is 2.31. The fourth-order valence-corrected chi connectivity index (χ4v) is 1.60. The lowest BCUT2D eigenvalue weighted by atomic mass is 10.0. The van der Waals surface area contributed by atoms with Gasteiger partial charge in [-0.15, -0.1) is 0 Å². The van der Waals surface area contributed by atoms with E-state index in [1.54, 1.807) is 0 Å². The summed E-state index contributed by atoms with van der Waals surface area (Å²) in [7, 11) is 0. The Bertz CT molecular complexity index is 406. The third-order valence-corrected chi connectivity index (χ3v) is 2.80. The van der Waals surface area contributed by atoms with E-state index in [1.807, 2.05) is 0 Å². The van der Waals surface area contributed by atoms with E-state index >= 15 is 0 Å². The third-order valence-electron chi connectivity index (χ3n) is 2.17. The molecule has 6 heteroatoms. The van der Waals surface area contributed by atoms with E-state index in [-0.39, 0.29) is 17.5 Å². The largest absolute Gasteiger partial charge is 0.298 e. The minimum atomic E-state index is -2.97. The molecule has 0 fully saturated rings. The zero-order valence-electron chi connectivity index (χ0n) is 8.60. The number of hydrogen-bond donors (Lipinski definition) is 0. The van der Waals surface area contributed by atoms with E-state index in [0.717, 1.165) is 12.1 Å². The summed E-state index contributed by atoms with van der Waals surface area (Å²) in [6.07, 6.45) is -5.97. The number of benzene rings is 1. The van der Waals surface area contributed by atoms with E-state index < -0.39 is 24.0 Å². The van der Waals surface area contributed by atoms with Crippen LogP contribution < -0.4 is 0 Å².